The number of amides is 1. The van der Waals surface area contributed by atoms with E-state index in [-0.39, 0.29) is 29.6 Å². The second kappa shape index (κ2) is 11.3. The van der Waals surface area contributed by atoms with Gasteiger partial charge in [0.05, 0.1) is 12.2 Å². The highest BCUT2D eigenvalue weighted by Gasteiger charge is 2.62. The van der Waals surface area contributed by atoms with E-state index in [2.05, 4.69) is 48.5 Å². The van der Waals surface area contributed by atoms with Crippen LogP contribution in [0, 0.1) is 23.2 Å². The molecule has 36 heavy (non-hydrogen) atoms. The van der Waals surface area contributed by atoms with Gasteiger partial charge in [0.2, 0.25) is 8.32 Å². The zero-order chi connectivity index (χ0) is 27.1. The number of hydrogen-bond acceptors (Lipinski definition) is 4. The minimum Gasteiger partial charge on any atom is -0.444 e. The summed E-state index contributed by atoms with van der Waals surface area (Å²) < 4.78 is 13.4. The Morgan fingerprint density at radius 3 is 2.11 bits per heavy atom. The largest absolute Gasteiger partial charge is 0.444 e. The van der Waals surface area contributed by atoms with Crippen molar-refractivity contribution in [1.29, 1.82) is 0 Å². The summed E-state index contributed by atoms with van der Waals surface area (Å²) in [6.45, 7) is 24.0. The first-order valence-electron chi connectivity index (χ1n) is 15.0. The second-order valence-electron chi connectivity index (χ2n) is 14.4. The number of rotatable bonds is 5. The summed E-state index contributed by atoms with van der Waals surface area (Å²) in [7, 11) is -2.07. The van der Waals surface area contributed by atoms with Crippen LogP contribution in [0.25, 0.3) is 0 Å². The second-order valence-corrected chi connectivity index (χ2v) is 19.8. The van der Waals surface area contributed by atoms with Gasteiger partial charge in [-0.25, -0.2) is 4.79 Å². The molecule has 0 aromatic rings. The molecule has 2 aliphatic carbocycles. The molecule has 1 amide bonds. The lowest BCUT2D eigenvalue weighted by atomic mass is 9.57. The summed E-state index contributed by atoms with van der Waals surface area (Å²) in [4.78, 5) is 14.9. The van der Waals surface area contributed by atoms with Crippen LogP contribution in [0.15, 0.2) is 0 Å². The van der Waals surface area contributed by atoms with E-state index in [1.54, 1.807) is 0 Å². The van der Waals surface area contributed by atoms with E-state index in [0.29, 0.717) is 35.0 Å². The maximum Gasteiger partial charge on any atom is 0.410 e. The first-order valence-corrected chi connectivity index (χ1v) is 17.1. The van der Waals surface area contributed by atoms with Crippen molar-refractivity contribution in [3.8, 4) is 0 Å². The highest BCUT2D eigenvalue weighted by atomic mass is 28.4. The summed E-state index contributed by atoms with van der Waals surface area (Å²) in [5, 5.41) is 11.5. The first kappa shape index (κ1) is 30.0. The Morgan fingerprint density at radius 2 is 1.56 bits per heavy atom. The fourth-order valence-corrected chi connectivity index (χ4v) is 14.5. The molecule has 6 atom stereocenters. The molecule has 3 fully saturated rings. The molecule has 5 nitrogen and oxygen atoms in total. The zero-order valence-corrected chi connectivity index (χ0v) is 26.1. The molecular formula is C30H57NO4Si. The predicted molar refractivity (Wildman–Crippen MR) is 151 cm³/mol. The third-order valence-electron chi connectivity index (χ3n) is 10.0. The normalized spacial score (nSPS) is 34.3. The van der Waals surface area contributed by atoms with Crippen molar-refractivity contribution in [1.82, 2.24) is 4.90 Å². The van der Waals surface area contributed by atoms with Crippen LogP contribution < -0.4 is 0 Å². The Morgan fingerprint density at radius 1 is 0.972 bits per heavy atom. The smallest absolute Gasteiger partial charge is 0.410 e. The number of carbonyl (C=O) groups is 1. The van der Waals surface area contributed by atoms with Gasteiger partial charge >= 0.3 is 6.09 Å². The molecule has 1 heterocycles. The number of aliphatic hydroxyl groups is 1. The molecule has 1 N–H and O–H groups in total. The van der Waals surface area contributed by atoms with Crippen molar-refractivity contribution in [2.45, 2.75) is 149 Å². The number of hydrogen-bond donors (Lipinski definition) is 1. The van der Waals surface area contributed by atoms with Gasteiger partial charge < -0.3 is 19.2 Å². The molecule has 210 valence electrons. The predicted octanol–water partition coefficient (Wildman–Crippen LogP) is 7.77. The Bertz CT molecular complexity index is 726. The molecule has 0 aromatic heterocycles. The molecule has 0 radical (unpaired) electrons. The van der Waals surface area contributed by atoms with E-state index in [4.69, 9.17) is 9.16 Å². The van der Waals surface area contributed by atoms with Crippen molar-refractivity contribution >= 4 is 14.4 Å². The van der Waals surface area contributed by atoms with Gasteiger partial charge in [-0.05, 0) is 100 Å². The zero-order valence-electron chi connectivity index (χ0n) is 25.1. The number of carbonyl (C=O) groups excluding carboxylic acids is 1. The molecule has 2 saturated carbocycles. The molecule has 1 spiro atoms. The van der Waals surface area contributed by atoms with Gasteiger partial charge in [-0.1, -0.05) is 48.5 Å². The van der Waals surface area contributed by atoms with Crippen molar-refractivity contribution in [3.63, 3.8) is 0 Å². The summed E-state index contributed by atoms with van der Waals surface area (Å²) in [6.07, 6.45) is 6.85. The van der Waals surface area contributed by atoms with E-state index in [1.165, 1.54) is 6.42 Å². The van der Waals surface area contributed by atoms with Gasteiger partial charge in [0.15, 0.2) is 0 Å². The minimum absolute atomic E-state index is 0.0206. The van der Waals surface area contributed by atoms with Crippen molar-refractivity contribution in [2.24, 2.45) is 23.2 Å². The molecular weight excluding hydrogens is 466 g/mol. The van der Waals surface area contributed by atoms with E-state index in [9.17, 15) is 9.90 Å². The fraction of sp³-hybridized carbons (Fsp3) is 0.967. The Hall–Kier alpha value is -0.593. The summed E-state index contributed by atoms with van der Waals surface area (Å²) in [5.74, 6) is 1.40. The van der Waals surface area contributed by atoms with Gasteiger partial charge in [0.25, 0.3) is 0 Å². The van der Waals surface area contributed by atoms with Crippen LogP contribution in [0.1, 0.15) is 114 Å². The van der Waals surface area contributed by atoms with E-state index in [0.717, 1.165) is 45.1 Å². The van der Waals surface area contributed by atoms with Gasteiger partial charge in [0.1, 0.15) is 5.60 Å². The van der Waals surface area contributed by atoms with E-state index < -0.39 is 13.9 Å². The quantitative estimate of drug-likeness (QED) is 0.374. The molecule has 0 aromatic carbocycles. The number of nitrogens with zero attached hydrogens (tertiary/aromatic N) is 1. The van der Waals surface area contributed by atoms with Crippen LogP contribution in [-0.2, 0) is 9.16 Å². The minimum atomic E-state index is -2.07. The highest BCUT2D eigenvalue weighted by molar-refractivity contribution is 6.77. The van der Waals surface area contributed by atoms with Crippen molar-refractivity contribution in [3.05, 3.63) is 0 Å². The highest BCUT2D eigenvalue weighted by Crippen LogP contribution is 2.63. The summed E-state index contributed by atoms with van der Waals surface area (Å²) in [6, 6.07) is 0. The Balaban J connectivity index is 1.96. The van der Waals surface area contributed by atoms with Crippen LogP contribution in [0.3, 0.4) is 0 Å². The lowest BCUT2D eigenvalue weighted by Crippen LogP contribution is -2.58. The monoisotopic (exact) mass is 523 g/mol. The SMILES string of the molecule is CC1CC2C[C@@H](O)[C@@H]3CCCN(C(=O)OC(C)(C)C)CCCC23C(O[Si](C(C)C)(C(C)C)C(C)C)C1. The topological polar surface area (TPSA) is 59.0 Å². The number of ether oxygens (including phenoxy) is 1. The van der Waals surface area contributed by atoms with Gasteiger partial charge in [-0.3, -0.25) is 0 Å². The van der Waals surface area contributed by atoms with Gasteiger partial charge in [0, 0.05) is 18.5 Å². The molecule has 6 heteroatoms. The molecule has 0 bridgehead atoms. The van der Waals surface area contributed by atoms with Crippen molar-refractivity contribution < 1.29 is 19.1 Å². The maximum atomic E-state index is 12.9. The summed E-state index contributed by atoms with van der Waals surface area (Å²) in [5.41, 5.74) is 1.19. The first-order chi connectivity index (χ1) is 16.6. The maximum absolute atomic E-state index is 12.9. The molecule has 1 saturated heterocycles. The van der Waals surface area contributed by atoms with Crippen LogP contribution in [0.2, 0.25) is 16.6 Å². The van der Waals surface area contributed by atoms with Crippen LogP contribution in [0.4, 0.5) is 4.79 Å². The fourth-order valence-electron chi connectivity index (χ4n) is 8.84. The lowest BCUT2D eigenvalue weighted by molar-refractivity contribution is -0.0907. The van der Waals surface area contributed by atoms with Crippen LogP contribution in [0.5, 0.6) is 0 Å². The molecule has 3 aliphatic rings. The molecule has 1 aliphatic heterocycles. The standard InChI is InChI=1S/C30H57NO4Si/c1-20(2)36(21(3)4,22(5)6)35-27-18-23(7)17-24-19-26(32)25-13-11-15-31(16-12-14-30(24,25)27)28(33)34-29(8,9)10/h20-27,32H,11-19H2,1-10H3/t23?,24?,25-,26+,27?,30?/m0/s1. The third kappa shape index (κ3) is 5.71. The number of aliphatic hydroxyl groups excluding tert-OH is 1. The molecule has 3 rings (SSSR count). The molecule has 4 unspecified atom stereocenters. The van der Waals surface area contributed by atoms with Gasteiger partial charge in [-0.15, -0.1) is 0 Å². The summed E-state index contributed by atoms with van der Waals surface area (Å²) >= 11 is 0. The van der Waals surface area contributed by atoms with Crippen LogP contribution >= 0.6 is 0 Å². The average Bonchev–Trinajstić information content (AvgIpc) is 3.04. The van der Waals surface area contributed by atoms with E-state index >= 15 is 0 Å². The van der Waals surface area contributed by atoms with E-state index in [1.807, 2.05) is 25.7 Å². The Kier molecular flexibility index (Phi) is 9.37. The van der Waals surface area contributed by atoms with Crippen LogP contribution in [-0.4, -0.2) is 55.3 Å². The van der Waals surface area contributed by atoms with Gasteiger partial charge in [-0.2, -0.15) is 0 Å². The average molecular weight is 524 g/mol. The lowest BCUT2D eigenvalue weighted by Gasteiger charge is -2.56. The van der Waals surface area contributed by atoms with Crippen molar-refractivity contribution in [2.75, 3.05) is 13.1 Å². The third-order valence-corrected chi connectivity index (χ3v) is 16.1. The Labute approximate surface area is 223 Å².